The molecular weight excluding hydrogens is 635 g/mol. The van der Waals surface area contributed by atoms with E-state index in [0.717, 1.165) is 0 Å². The second kappa shape index (κ2) is 13.7. The molecule has 0 bridgehead atoms. The first kappa shape index (κ1) is 34.2. The fourth-order valence-electron chi connectivity index (χ4n) is 7.09. The van der Waals surface area contributed by atoms with Gasteiger partial charge in [-0.15, -0.1) is 0 Å². The normalized spacial score (nSPS) is 21.1. The predicted molar refractivity (Wildman–Crippen MR) is 191 cm³/mol. The Morgan fingerprint density at radius 1 is 0.918 bits per heavy atom. The van der Waals surface area contributed by atoms with Crippen LogP contribution in [0.15, 0.2) is 104 Å². The highest BCUT2D eigenvalue weighted by molar-refractivity contribution is 6.99. The Kier molecular flexibility index (Phi) is 9.52. The monoisotopic (exact) mass is 677 g/mol. The maximum atomic E-state index is 13.0. The first-order valence-corrected chi connectivity index (χ1v) is 18.6. The summed E-state index contributed by atoms with van der Waals surface area (Å²) < 4.78 is 22.2. The van der Waals surface area contributed by atoms with E-state index in [2.05, 4.69) is 96.5 Å². The van der Waals surface area contributed by atoms with Crippen molar-refractivity contribution in [2.75, 3.05) is 11.9 Å². The molecule has 0 saturated carbocycles. The number of carbonyl (C=O) groups excluding carboxylic acids is 2. The average Bonchev–Trinajstić information content (AvgIpc) is 3.65. The Morgan fingerprint density at radius 3 is 2.06 bits per heavy atom. The van der Waals surface area contributed by atoms with Crippen molar-refractivity contribution >= 4 is 47.5 Å². The van der Waals surface area contributed by atoms with Crippen LogP contribution >= 0.6 is 0 Å². The van der Waals surface area contributed by atoms with E-state index >= 15 is 0 Å². The lowest BCUT2D eigenvalue weighted by atomic mass is 9.85. The minimum absolute atomic E-state index is 0.237. The largest absolute Gasteiger partial charge is 0.457 e. The fraction of sp³-hybridized carbons (Fsp3) is 0.342. The van der Waals surface area contributed by atoms with Crippen LogP contribution in [0.2, 0.25) is 5.04 Å². The number of hydrogen-bond acceptors (Lipinski definition) is 8. The summed E-state index contributed by atoms with van der Waals surface area (Å²) in [5, 5.41) is 4.96. The van der Waals surface area contributed by atoms with Gasteiger partial charge in [0.1, 0.15) is 6.33 Å². The predicted octanol–water partition coefficient (Wildman–Crippen LogP) is 5.90. The van der Waals surface area contributed by atoms with E-state index in [0.29, 0.717) is 23.1 Å². The molecule has 1 N–H and O–H groups in total. The van der Waals surface area contributed by atoms with E-state index in [1.54, 1.807) is 35.2 Å². The third-order valence-electron chi connectivity index (χ3n) is 9.71. The van der Waals surface area contributed by atoms with E-state index in [-0.39, 0.29) is 29.3 Å². The Labute approximate surface area is 288 Å². The first-order valence-electron chi connectivity index (χ1n) is 16.6. The number of hydrogen-bond donors (Lipinski definition) is 1. The third kappa shape index (κ3) is 6.29. The van der Waals surface area contributed by atoms with Gasteiger partial charge in [-0.3, -0.25) is 14.2 Å². The van der Waals surface area contributed by atoms with Gasteiger partial charge < -0.3 is 19.2 Å². The molecule has 3 aromatic carbocycles. The van der Waals surface area contributed by atoms with Crippen molar-refractivity contribution in [3.8, 4) is 0 Å². The molecule has 3 heterocycles. The summed E-state index contributed by atoms with van der Waals surface area (Å²) in [5.74, 6) is -0.727. The highest BCUT2D eigenvalue weighted by atomic mass is 28.4. The third-order valence-corrected chi connectivity index (χ3v) is 14.7. The molecule has 1 aliphatic heterocycles. The molecule has 0 unspecified atom stereocenters. The molecule has 1 fully saturated rings. The van der Waals surface area contributed by atoms with Crippen molar-refractivity contribution < 1.29 is 23.5 Å². The van der Waals surface area contributed by atoms with Gasteiger partial charge in [0.2, 0.25) is 0 Å². The highest BCUT2D eigenvalue weighted by Crippen LogP contribution is 2.47. The van der Waals surface area contributed by atoms with Crippen LogP contribution in [0.1, 0.15) is 64.5 Å². The average molecular weight is 678 g/mol. The minimum Gasteiger partial charge on any atom is -0.457 e. The molecule has 4 atom stereocenters. The molecule has 1 aliphatic rings. The van der Waals surface area contributed by atoms with Crippen LogP contribution in [0, 0.1) is 5.92 Å². The number of carbonyl (C=O) groups is 2. The fourth-order valence-corrected chi connectivity index (χ4v) is 11.7. The van der Waals surface area contributed by atoms with Crippen LogP contribution in [0.5, 0.6) is 0 Å². The number of nitrogens with zero attached hydrogens (tertiary/aromatic N) is 4. The number of fused-ring (bicyclic) bond motifs is 1. The summed E-state index contributed by atoms with van der Waals surface area (Å²) in [7, 11) is -2.91. The van der Waals surface area contributed by atoms with Crippen molar-refractivity contribution in [3.63, 3.8) is 0 Å². The summed E-state index contributed by atoms with van der Waals surface area (Å²) >= 11 is 0. The van der Waals surface area contributed by atoms with Gasteiger partial charge in [-0.25, -0.2) is 15.0 Å². The van der Waals surface area contributed by atoms with Crippen molar-refractivity contribution in [2.24, 2.45) is 5.92 Å². The number of amides is 1. The second-order valence-corrected chi connectivity index (χ2v) is 17.9. The molecule has 0 radical (unpaired) electrons. The molecule has 11 heteroatoms. The Hall–Kier alpha value is -4.71. The second-order valence-electron chi connectivity index (χ2n) is 13.6. The van der Waals surface area contributed by atoms with Gasteiger partial charge in [-0.1, -0.05) is 113 Å². The summed E-state index contributed by atoms with van der Waals surface area (Å²) in [6, 6.07) is 29.9. The van der Waals surface area contributed by atoms with Crippen LogP contribution in [0.4, 0.5) is 5.82 Å². The van der Waals surface area contributed by atoms with E-state index < -0.39 is 32.2 Å². The Bertz CT molecular complexity index is 1880. The highest BCUT2D eigenvalue weighted by Gasteiger charge is 2.58. The molecule has 5 aromatic rings. The van der Waals surface area contributed by atoms with Gasteiger partial charge in [0, 0.05) is 18.4 Å². The lowest BCUT2D eigenvalue weighted by molar-refractivity contribution is -0.154. The van der Waals surface area contributed by atoms with Crippen LogP contribution < -0.4 is 15.7 Å². The summed E-state index contributed by atoms with van der Waals surface area (Å²) in [6.45, 7) is 12.5. The SMILES string of the molecule is CC[C@@]1(CO[Si](c2ccccc2)(c2ccccc2)C(C)(C)C)O[C@@H](n2cnc3c(NC(=O)c4ccccc4)ncnc32)[C@H](OC(C)=O)[C@@H]1C. The van der Waals surface area contributed by atoms with Crippen LogP contribution in [0.25, 0.3) is 11.2 Å². The molecule has 2 aromatic heterocycles. The van der Waals surface area contributed by atoms with Crippen molar-refractivity contribution in [2.45, 2.75) is 70.9 Å². The molecule has 49 heavy (non-hydrogen) atoms. The molecule has 6 rings (SSSR count). The topological polar surface area (TPSA) is 117 Å². The van der Waals surface area contributed by atoms with Gasteiger partial charge in [0.05, 0.1) is 18.5 Å². The lowest BCUT2D eigenvalue weighted by Gasteiger charge is -2.45. The quantitative estimate of drug-likeness (QED) is 0.144. The summed E-state index contributed by atoms with van der Waals surface area (Å²) in [6.07, 6.45) is 2.13. The van der Waals surface area contributed by atoms with Crippen molar-refractivity contribution in [1.82, 2.24) is 19.5 Å². The van der Waals surface area contributed by atoms with Gasteiger partial charge in [-0.05, 0) is 34.0 Å². The van der Waals surface area contributed by atoms with E-state index in [9.17, 15) is 9.59 Å². The van der Waals surface area contributed by atoms with Gasteiger partial charge >= 0.3 is 5.97 Å². The molecule has 1 amide bonds. The van der Waals surface area contributed by atoms with E-state index in [4.69, 9.17) is 13.9 Å². The lowest BCUT2D eigenvalue weighted by Crippen LogP contribution is -2.67. The number of esters is 1. The molecule has 0 spiro atoms. The smallest absolute Gasteiger partial charge is 0.303 e. The zero-order chi connectivity index (χ0) is 34.8. The molecular formula is C38H43N5O5Si. The molecule has 10 nitrogen and oxygen atoms in total. The Morgan fingerprint density at radius 2 is 1.51 bits per heavy atom. The summed E-state index contributed by atoms with van der Waals surface area (Å²) in [4.78, 5) is 39.0. The minimum atomic E-state index is -2.91. The maximum absolute atomic E-state index is 13.0. The van der Waals surface area contributed by atoms with E-state index in [1.807, 2.05) is 25.1 Å². The Balaban J connectivity index is 1.38. The van der Waals surface area contributed by atoms with Crippen LogP contribution in [-0.4, -0.2) is 58.0 Å². The van der Waals surface area contributed by atoms with Gasteiger partial charge in [-0.2, -0.15) is 0 Å². The number of aromatic nitrogens is 4. The van der Waals surface area contributed by atoms with Crippen molar-refractivity contribution in [3.05, 3.63) is 109 Å². The zero-order valence-electron chi connectivity index (χ0n) is 28.8. The summed E-state index contributed by atoms with van der Waals surface area (Å²) in [5.41, 5.74) is 0.492. The molecule has 1 saturated heterocycles. The van der Waals surface area contributed by atoms with Gasteiger partial charge in [0.25, 0.3) is 14.2 Å². The van der Waals surface area contributed by atoms with E-state index in [1.165, 1.54) is 23.6 Å². The zero-order valence-corrected chi connectivity index (χ0v) is 29.8. The van der Waals surface area contributed by atoms with Gasteiger partial charge in [0.15, 0.2) is 29.3 Å². The number of nitrogens with one attached hydrogen (secondary N) is 1. The molecule has 0 aliphatic carbocycles. The number of rotatable bonds is 10. The number of benzene rings is 3. The number of anilines is 1. The maximum Gasteiger partial charge on any atom is 0.303 e. The standard InChI is InChI=1S/C38H43N5O5Si/c1-7-38(23-46-49(37(4,5)6,29-19-13-9-14-20-29)30-21-15-10-16-22-30)26(2)32(47-27(3)44)36(48-38)43-25-41-31-33(39-24-40-34(31)43)42-35(45)28-17-11-8-12-18-28/h8-22,24-26,32,36H,7,23H2,1-6H3,(H,39,40,42,45)/t26-,32+,36+,38-/m0/s1. The number of imidazole rings is 1. The van der Waals surface area contributed by atoms with Crippen molar-refractivity contribution in [1.29, 1.82) is 0 Å². The number of ether oxygens (including phenoxy) is 2. The van der Waals surface area contributed by atoms with Crippen LogP contribution in [-0.2, 0) is 18.7 Å². The molecule has 254 valence electrons. The first-order chi connectivity index (χ1) is 23.5. The van der Waals surface area contributed by atoms with Crippen LogP contribution in [0.3, 0.4) is 0 Å².